The number of carbonyl (C=O) groups is 1. The van der Waals surface area contributed by atoms with Crippen LogP contribution in [0.25, 0.3) is 6.08 Å². The second-order valence-electron chi connectivity index (χ2n) is 4.96. The third-order valence-corrected chi connectivity index (χ3v) is 3.60. The van der Waals surface area contributed by atoms with E-state index in [4.69, 9.17) is 0 Å². The molecule has 112 valence electrons. The van der Waals surface area contributed by atoms with Crippen LogP contribution in [0.2, 0.25) is 0 Å². The maximum atomic E-state index is 12.2. The number of likely N-dealkylation sites (N-methyl/N-ethyl adjacent to an activating group) is 1. The lowest BCUT2D eigenvalue weighted by Crippen LogP contribution is -2.40. The predicted octanol–water partition coefficient (Wildman–Crippen LogP) is 1.82. The van der Waals surface area contributed by atoms with Crippen molar-refractivity contribution in [1.29, 1.82) is 0 Å². The average Bonchev–Trinajstić information content (AvgIpc) is 3.00. The molecule has 1 N–H and O–H groups in total. The van der Waals surface area contributed by atoms with E-state index in [2.05, 4.69) is 5.32 Å². The summed E-state index contributed by atoms with van der Waals surface area (Å²) >= 11 is 0. The van der Waals surface area contributed by atoms with Gasteiger partial charge in [0.2, 0.25) is 5.91 Å². The Bertz CT molecular complexity index is 551. The third-order valence-electron chi connectivity index (χ3n) is 3.60. The molecule has 0 saturated carbocycles. The van der Waals surface area contributed by atoms with Crippen molar-refractivity contribution in [3.8, 4) is 0 Å². The monoisotopic (exact) mass is 289 g/mol. The molecule has 2 rings (SSSR count). The zero-order chi connectivity index (χ0) is 15.2. The second-order valence-corrected chi connectivity index (χ2v) is 4.96. The van der Waals surface area contributed by atoms with Crippen LogP contribution in [0.5, 0.6) is 0 Å². The number of nitrogens with one attached hydrogen (secondary N) is 1. The molecule has 1 aromatic rings. The number of nitro groups is 1. The molecule has 1 amide bonds. The van der Waals surface area contributed by atoms with E-state index in [1.54, 1.807) is 18.2 Å². The Labute approximate surface area is 123 Å². The van der Waals surface area contributed by atoms with Crippen LogP contribution >= 0.6 is 0 Å². The van der Waals surface area contributed by atoms with Crippen molar-refractivity contribution in [3.63, 3.8) is 0 Å². The Morgan fingerprint density at radius 2 is 2.38 bits per heavy atom. The first-order valence-corrected chi connectivity index (χ1v) is 7.05. The third kappa shape index (κ3) is 3.88. The van der Waals surface area contributed by atoms with Gasteiger partial charge in [0.1, 0.15) is 0 Å². The van der Waals surface area contributed by atoms with Crippen LogP contribution < -0.4 is 5.32 Å². The van der Waals surface area contributed by atoms with Gasteiger partial charge < -0.3 is 10.2 Å². The Kier molecular flexibility index (Phi) is 5.05. The summed E-state index contributed by atoms with van der Waals surface area (Å²) in [4.78, 5) is 24.3. The summed E-state index contributed by atoms with van der Waals surface area (Å²) in [5.41, 5.74) is 0.676. The molecule has 6 heteroatoms. The molecule has 0 aliphatic carbocycles. The highest BCUT2D eigenvalue weighted by Crippen LogP contribution is 2.15. The number of hydrogen-bond acceptors (Lipinski definition) is 4. The predicted molar refractivity (Wildman–Crippen MR) is 80.8 cm³/mol. The maximum absolute atomic E-state index is 12.2. The molecule has 0 radical (unpaired) electrons. The van der Waals surface area contributed by atoms with Crippen LogP contribution in [0.1, 0.15) is 18.9 Å². The summed E-state index contributed by atoms with van der Waals surface area (Å²) < 4.78 is 0. The van der Waals surface area contributed by atoms with E-state index in [1.165, 1.54) is 18.2 Å². The van der Waals surface area contributed by atoms with Gasteiger partial charge >= 0.3 is 0 Å². The molecule has 21 heavy (non-hydrogen) atoms. The van der Waals surface area contributed by atoms with Crippen LogP contribution in [-0.2, 0) is 4.79 Å². The lowest BCUT2D eigenvalue weighted by molar-refractivity contribution is -0.384. The molecule has 1 fully saturated rings. The minimum absolute atomic E-state index is 0.0249. The van der Waals surface area contributed by atoms with Gasteiger partial charge in [-0.1, -0.05) is 12.1 Å². The van der Waals surface area contributed by atoms with Gasteiger partial charge in [0.05, 0.1) is 4.92 Å². The number of nitrogens with zero attached hydrogens (tertiary/aromatic N) is 2. The number of carbonyl (C=O) groups excluding carboxylic acids is 1. The van der Waals surface area contributed by atoms with E-state index in [0.717, 1.165) is 19.5 Å². The van der Waals surface area contributed by atoms with E-state index < -0.39 is 4.92 Å². The fourth-order valence-electron chi connectivity index (χ4n) is 2.50. The largest absolute Gasteiger partial charge is 0.335 e. The molecule has 0 bridgehead atoms. The average molecular weight is 289 g/mol. The van der Waals surface area contributed by atoms with Gasteiger partial charge in [0.15, 0.2) is 0 Å². The molecule has 1 aliphatic heterocycles. The summed E-state index contributed by atoms with van der Waals surface area (Å²) in [6.45, 7) is 4.37. The molecule has 1 heterocycles. The zero-order valence-electron chi connectivity index (χ0n) is 12.0. The van der Waals surface area contributed by atoms with Crippen molar-refractivity contribution in [3.05, 3.63) is 46.0 Å². The summed E-state index contributed by atoms with van der Waals surface area (Å²) in [5, 5.41) is 14.0. The molecule has 1 unspecified atom stereocenters. The van der Waals surface area contributed by atoms with Gasteiger partial charge in [-0.25, -0.2) is 0 Å². The van der Waals surface area contributed by atoms with Crippen molar-refractivity contribution in [2.45, 2.75) is 19.4 Å². The molecule has 1 saturated heterocycles. The topological polar surface area (TPSA) is 75.5 Å². The number of non-ortho nitro benzene ring substituents is 1. The Morgan fingerprint density at radius 1 is 1.57 bits per heavy atom. The lowest BCUT2D eigenvalue weighted by Gasteiger charge is -2.25. The summed E-state index contributed by atoms with van der Waals surface area (Å²) in [5.74, 6) is -0.0577. The zero-order valence-corrected chi connectivity index (χ0v) is 12.0. The quantitative estimate of drug-likeness (QED) is 0.509. The Balaban J connectivity index is 2.06. The van der Waals surface area contributed by atoms with Crippen LogP contribution in [0.15, 0.2) is 30.3 Å². The summed E-state index contributed by atoms with van der Waals surface area (Å²) in [7, 11) is 0. The Morgan fingerprint density at radius 3 is 3.00 bits per heavy atom. The van der Waals surface area contributed by atoms with Crippen molar-refractivity contribution < 1.29 is 9.72 Å². The van der Waals surface area contributed by atoms with E-state index in [-0.39, 0.29) is 17.6 Å². The van der Waals surface area contributed by atoms with Gasteiger partial charge in [0, 0.05) is 37.3 Å². The normalized spacial score (nSPS) is 18.0. The van der Waals surface area contributed by atoms with E-state index in [0.29, 0.717) is 12.1 Å². The molecule has 1 atom stereocenters. The van der Waals surface area contributed by atoms with E-state index >= 15 is 0 Å². The molecule has 0 spiro atoms. The fraction of sp³-hybridized carbons (Fsp3) is 0.400. The number of hydrogen-bond donors (Lipinski definition) is 1. The highest BCUT2D eigenvalue weighted by Gasteiger charge is 2.23. The minimum Gasteiger partial charge on any atom is -0.335 e. The molecule has 0 aromatic heterocycles. The first kappa shape index (κ1) is 15.2. The number of nitro benzene ring substituents is 1. The minimum atomic E-state index is -0.443. The van der Waals surface area contributed by atoms with Gasteiger partial charge in [-0.05, 0) is 31.5 Å². The molecule has 6 nitrogen and oxygen atoms in total. The molecular formula is C15H19N3O3. The standard InChI is InChI=1S/C15H19N3O3/c1-2-17(14-8-9-16-11-14)15(19)7-6-12-4-3-5-13(10-12)18(20)21/h3-7,10,14,16H,2,8-9,11H2,1H3/b7-6+. The smallest absolute Gasteiger partial charge is 0.270 e. The SMILES string of the molecule is CCN(C(=O)/C=C/c1cccc([N+](=O)[O-])c1)C1CCNC1. The van der Waals surface area contributed by atoms with Crippen molar-refractivity contribution >= 4 is 17.7 Å². The second kappa shape index (κ2) is 6.99. The summed E-state index contributed by atoms with van der Waals surface area (Å²) in [6, 6.07) is 6.47. The maximum Gasteiger partial charge on any atom is 0.270 e. The highest BCUT2D eigenvalue weighted by molar-refractivity contribution is 5.92. The first-order valence-electron chi connectivity index (χ1n) is 7.05. The van der Waals surface area contributed by atoms with Gasteiger partial charge in [0.25, 0.3) is 5.69 Å². The number of amides is 1. The van der Waals surface area contributed by atoms with Gasteiger partial charge in [-0.2, -0.15) is 0 Å². The lowest BCUT2D eigenvalue weighted by atomic mass is 10.1. The molecule has 1 aromatic carbocycles. The Hall–Kier alpha value is -2.21. The number of rotatable bonds is 5. The van der Waals surface area contributed by atoms with Gasteiger partial charge in [-0.15, -0.1) is 0 Å². The fourth-order valence-corrected chi connectivity index (χ4v) is 2.50. The van der Waals surface area contributed by atoms with Crippen LogP contribution in [0.4, 0.5) is 5.69 Å². The van der Waals surface area contributed by atoms with Crippen molar-refractivity contribution in [2.75, 3.05) is 19.6 Å². The molecule has 1 aliphatic rings. The first-order chi connectivity index (χ1) is 10.1. The van der Waals surface area contributed by atoms with Crippen LogP contribution in [0, 0.1) is 10.1 Å². The van der Waals surface area contributed by atoms with Crippen LogP contribution in [0.3, 0.4) is 0 Å². The van der Waals surface area contributed by atoms with E-state index in [1.807, 2.05) is 11.8 Å². The van der Waals surface area contributed by atoms with Crippen molar-refractivity contribution in [2.24, 2.45) is 0 Å². The van der Waals surface area contributed by atoms with Crippen LogP contribution in [-0.4, -0.2) is 41.4 Å². The summed E-state index contributed by atoms with van der Waals surface area (Å²) in [6.07, 6.45) is 4.07. The van der Waals surface area contributed by atoms with E-state index in [9.17, 15) is 14.9 Å². The highest BCUT2D eigenvalue weighted by atomic mass is 16.6. The van der Waals surface area contributed by atoms with Crippen molar-refractivity contribution in [1.82, 2.24) is 10.2 Å². The van der Waals surface area contributed by atoms with Gasteiger partial charge in [-0.3, -0.25) is 14.9 Å². The molecular weight excluding hydrogens is 270 g/mol. The number of benzene rings is 1.